The summed E-state index contributed by atoms with van der Waals surface area (Å²) in [7, 11) is 4.01. The first kappa shape index (κ1) is 36.5. The van der Waals surface area contributed by atoms with Gasteiger partial charge in [0.15, 0.2) is 6.23 Å². The van der Waals surface area contributed by atoms with Crippen molar-refractivity contribution in [2.75, 3.05) is 38.8 Å². The minimum atomic E-state index is -0.752. The third-order valence-electron chi connectivity index (χ3n) is 8.00. The zero-order valence-electron chi connectivity index (χ0n) is 28.8. The van der Waals surface area contributed by atoms with Gasteiger partial charge >= 0.3 is 5.76 Å². The Balaban J connectivity index is 0.000000197. The molecular formula is C38H39Cl2N3O7. The fourth-order valence-electron chi connectivity index (χ4n) is 5.57. The number of halogens is 2. The van der Waals surface area contributed by atoms with E-state index >= 15 is 0 Å². The van der Waals surface area contributed by atoms with Crippen molar-refractivity contribution in [3.63, 3.8) is 0 Å². The number of amides is 1. The van der Waals surface area contributed by atoms with E-state index in [1.807, 2.05) is 65.2 Å². The molecule has 0 saturated heterocycles. The largest absolute Gasteiger partial charge is 0.493 e. The molecule has 1 aliphatic rings. The van der Waals surface area contributed by atoms with Crippen molar-refractivity contribution in [1.82, 2.24) is 9.47 Å². The van der Waals surface area contributed by atoms with Gasteiger partial charge in [-0.3, -0.25) is 14.5 Å². The predicted octanol–water partition coefficient (Wildman–Crippen LogP) is 7.67. The summed E-state index contributed by atoms with van der Waals surface area (Å²) in [4.78, 5) is 42.3. The van der Waals surface area contributed by atoms with Crippen LogP contribution >= 0.6 is 23.2 Å². The second-order valence-corrected chi connectivity index (χ2v) is 12.7. The molecule has 10 nitrogen and oxygen atoms in total. The monoisotopic (exact) mass is 719 g/mol. The number of hydrogen-bond donors (Lipinski definition) is 0. The van der Waals surface area contributed by atoms with Crippen LogP contribution in [0.25, 0.3) is 16.7 Å². The van der Waals surface area contributed by atoms with E-state index in [9.17, 15) is 14.4 Å². The normalized spacial score (nSPS) is 13.8. The summed E-state index contributed by atoms with van der Waals surface area (Å²) in [6.07, 6.45) is 0.281. The number of ether oxygens (including phenoxy) is 3. The fourth-order valence-corrected chi connectivity index (χ4v) is 5.81. The lowest BCUT2D eigenvalue weighted by molar-refractivity contribution is 0.0828. The molecule has 1 aromatic heterocycles. The second-order valence-electron chi connectivity index (χ2n) is 11.8. The number of carbonyl (C=O) groups excluding carboxylic acids is 1. The molecule has 0 bridgehead atoms. The molecule has 0 spiro atoms. The van der Waals surface area contributed by atoms with Crippen LogP contribution in [0, 0.1) is 13.8 Å². The molecule has 50 heavy (non-hydrogen) atoms. The standard InChI is InChI=1S/C21H25ClN2O3.C17H14ClNO4/c1-5-26-17-7-6-8-18-20(17)21(25)24(19(27-18)11-12-23(3)4)15-9-10-16(22)14(2)13-15;1-3-22-13-5-4-6-14-15(13)16(20)19(17(21)23-14)11-7-8-12(18)10(2)9-11/h6-10,13,19H,5,11-12H2,1-4H3;4-9H,3H2,1-2H3. The lowest BCUT2D eigenvalue weighted by Crippen LogP contribution is -2.49. The van der Waals surface area contributed by atoms with Crippen LogP contribution in [0.4, 0.5) is 5.69 Å². The van der Waals surface area contributed by atoms with Crippen LogP contribution in [0.3, 0.4) is 0 Å². The van der Waals surface area contributed by atoms with Crippen LogP contribution in [0.2, 0.25) is 10.0 Å². The first-order chi connectivity index (χ1) is 23.9. The molecule has 0 radical (unpaired) electrons. The number of aromatic nitrogens is 1. The zero-order chi connectivity index (χ0) is 36.1. The van der Waals surface area contributed by atoms with E-state index in [1.165, 1.54) is 0 Å². The number of hydrogen-bond acceptors (Lipinski definition) is 8. The third-order valence-corrected chi connectivity index (χ3v) is 8.85. The molecule has 4 aromatic carbocycles. The molecule has 2 heterocycles. The molecule has 0 saturated carbocycles. The Kier molecular flexibility index (Phi) is 11.6. The Labute approximate surface area is 300 Å². The maximum absolute atomic E-state index is 13.5. The SMILES string of the molecule is CCOc1cccc2c1C(=O)N(c1ccc(Cl)c(C)c1)C(CCN(C)C)O2.CCOc1cccc2oc(=O)n(-c3ccc(Cl)c(C)c3)c(=O)c12. The van der Waals surface area contributed by atoms with Gasteiger partial charge in [0.25, 0.3) is 11.5 Å². The quantitative estimate of drug-likeness (QED) is 0.153. The van der Waals surface area contributed by atoms with Gasteiger partial charge in [0.1, 0.15) is 33.8 Å². The Morgan fingerprint density at radius 3 is 2.04 bits per heavy atom. The highest BCUT2D eigenvalue weighted by molar-refractivity contribution is 6.31. The van der Waals surface area contributed by atoms with E-state index in [0.717, 1.165) is 27.9 Å². The van der Waals surface area contributed by atoms with Crippen LogP contribution < -0.4 is 30.4 Å². The smallest absolute Gasteiger partial charge is 0.426 e. The van der Waals surface area contributed by atoms with Gasteiger partial charge in [-0.25, -0.2) is 9.36 Å². The molecule has 0 N–H and O–H groups in total. The van der Waals surface area contributed by atoms with Crippen LogP contribution in [-0.2, 0) is 0 Å². The molecule has 5 aromatic rings. The van der Waals surface area contributed by atoms with Gasteiger partial charge < -0.3 is 23.5 Å². The summed E-state index contributed by atoms with van der Waals surface area (Å²) >= 11 is 12.2. The first-order valence-corrected chi connectivity index (χ1v) is 17.0. The number of nitrogens with zero attached hydrogens (tertiary/aromatic N) is 3. The van der Waals surface area contributed by atoms with Crippen LogP contribution in [0.1, 0.15) is 41.8 Å². The molecule has 0 aliphatic carbocycles. The van der Waals surface area contributed by atoms with Gasteiger partial charge in [0.2, 0.25) is 0 Å². The van der Waals surface area contributed by atoms with E-state index in [2.05, 4.69) is 4.90 Å². The van der Waals surface area contributed by atoms with Gasteiger partial charge in [0, 0.05) is 28.7 Å². The van der Waals surface area contributed by atoms with E-state index < -0.39 is 17.5 Å². The van der Waals surface area contributed by atoms with Gasteiger partial charge in [0.05, 0.1) is 18.9 Å². The van der Waals surface area contributed by atoms with Crippen LogP contribution in [0.5, 0.6) is 17.2 Å². The highest BCUT2D eigenvalue weighted by Gasteiger charge is 2.37. The summed E-state index contributed by atoms with van der Waals surface area (Å²) in [5.41, 5.74) is 3.02. The Bertz CT molecular complexity index is 2140. The number of aryl methyl sites for hydroxylation is 2. The summed E-state index contributed by atoms with van der Waals surface area (Å²) in [6, 6.07) is 20.9. The lowest BCUT2D eigenvalue weighted by Gasteiger charge is -2.38. The predicted molar refractivity (Wildman–Crippen MR) is 197 cm³/mol. The molecule has 12 heteroatoms. The van der Waals surface area contributed by atoms with E-state index in [4.69, 9.17) is 41.8 Å². The van der Waals surface area contributed by atoms with Gasteiger partial charge in [-0.2, -0.15) is 0 Å². The van der Waals surface area contributed by atoms with Crippen molar-refractivity contribution in [2.45, 2.75) is 40.3 Å². The molecule has 1 amide bonds. The van der Waals surface area contributed by atoms with Crippen molar-refractivity contribution >= 4 is 45.8 Å². The molecule has 1 aliphatic heterocycles. The zero-order valence-corrected chi connectivity index (χ0v) is 30.3. The van der Waals surface area contributed by atoms with Crippen LogP contribution in [0.15, 0.2) is 86.8 Å². The number of carbonyl (C=O) groups is 1. The summed E-state index contributed by atoms with van der Waals surface area (Å²) in [5, 5.41) is 1.47. The van der Waals surface area contributed by atoms with Crippen molar-refractivity contribution in [3.05, 3.63) is 120 Å². The number of fused-ring (bicyclic) bond motifs is 2. The fraction of sp³-hybridized carbons (Fsp3) is 0.289. The number of rotatable bonds is 9. The van der Waals surface area contributed by atoms with Crippen molar-refractivity contribution in [1.29, 1.82) is 0 Å². The van der Waals surface area contributed by atoms with Crippen molar-refractivity contribution in [2.24, 2.45) is 0 Å². The van der Waals surface area contributed by atoms with Gasteiger partial charge in [-0.05, 0) is 114 Å². The summed E-state index contributed by atoms with van der Waals surface area (Å²) < 4.78 is 23.7. The van der Waals surface area contributed by atoms with Gasteiger partial charge in [-0.15, -0.1) is 0 Å². The average molecular weight is 721 g/mol. The summed E-state index contributed by atoms with van der Waals surface area (Å²) in [5.74, 6) is 0.625. The average Bonchev–Trinajstić information content (AvgIpc) is 3.07. The number of anilines is 1. The van der Waals surface area contributed by atoms with E-state index in [0.29, 0.717) is 58.2 Å². The molecular weight excluding hydrogens is 681 g/mol. The highest BCUT2D eigenvalue weighted by atomic mass is 35.5. The van der Waals surface area contributed by atoms with E-state index in [-0.39, 0.29) is 16.9 Å². The Morgan fingerprint density at radius 1 is 0.800 bits per heavy atom. The molecule has 1 unspecified atom stereocenters. The van der Waals surface area contributed by atoms with Crippen molar-refractivity contribution < 1.29 is 23.4 Å². The van der Waals surface area contributed by atoms with Crippen molar-refractivity contribution in [3.8, 4) is 22.9 Å². The minimum absolute atomic E-state index is 0.120. The third kappa shape index (κ3) is 7.67. The minimum Gasteiger partial charge on any atom is -0.493 e. The maximum Gasteiger partial charge on any atom is 0.426 e. The highest BCUT2D eigenvalue weighted by Crippen LogP contribution is 2.38. The topological polar surface area (TPSA) is 103 Å². The summed E-state index contributed by atoms with van der Waals surface area (Å²) in [6.45, 7) is 9.11. The Morgan fingerprint density at radius 2 is 1.40 bits per heavy atom. The maximum atomic E-state index is 13.5. The molecule has 0 fully saturated rings. The van der Waals surface area contributed by atoms with Crippen LogP contribution in [-0.4, -0.2) is 55.5 Å². The van der Waals surface area contributed by atoms with E-state index in [1.54, 1.807) is 54.3 Å². The molecule has 262 valence electrons. The molecule has 6 rings (SSSR count). The molecule has 1 atom stereocenters. The first-order valence-electron chi connectivity index (χ1n) is 16.2. The Hall–Kier alpha value is -4.77. The second kappa shape index (κ2) is 15.8. The number of benzene rings is 4. The van der Waals surface area contributed by atoms with Gasteiger partial charge in [-0.1, -0.05) is 35.3 Å². The lowest BCUT2D eigenvalue weighted by atomic mass is 10.1.